The quantitative estimate of drug-likeness (QED) is 0.151. The van der Waals surface area contributed by atoms with Gasteiger partial charge in [0.05, 0.1) is 16.8 Å². The zero-order valence-corrected chi connectivity index (χ0v) is 31.7. The summed E-state index contributed by atoms with van der Waals surface area (Å²) in [6, 6.07) is 80.6. The molecule has 0 fully saturated rings. The van der Waals surface area contributed by atoms with Crippen LogP contribution in [0.3, 0.4) is 0 Å². The molecule has 11 aromatic rings. The van der Waals surface area contributed by atoms with Crippen molar-refractivity contribution in [3.05, 3.63) is 224 Å². The lowest BCUT2D eigenvalue weighted by Crippen LogP contribution is -2.12. The fraction of sp³-hybridized carbons (Fsp3) is 0. The van der Waals surface area contributed by atoms with Gasteiger partial charge in [-0.2, -0.15) is 0 Å². The predicted molar refractivity (Wildman–Crippen MR) is 245 cm³/mol. The summed E-state index contributed by atoms with van der Waals surface area (Å²) >= 11 is 0. The molecule has 1 heterocycles. The molecule has 272 valence electrons. The third kappa shape index (κ3) is 5.74. The smallest absolute Gasteiger partial charge is 0.145 e. The first-order valence-electron chi connectivity index (χ1n) is 19.8. The zero-order valence-electron chi connectivity index (χ0n) is 31.7. The Hall–Kier alpha value is -7.68. The minimum Gasteiger partial charge on any atom is -0.455 e. The molecule has 0 radical (unpaired) electrons. The van der Waals surface area contributed by atoms with E-state index in [-0.39, 0.29) is 0 Å². The summed E-state index contributed by atoms with van der Waals surface area (Å²) in [5.74, 6) is 0. The molecule has 0 N–H and O–H groups in total. The van der Waals surface area contributed by atoms with E-state index in [1.165, 1.54) is 43.8 Å². The maximum atomic E-state index is 6.81. The molecule has 0 spiro atoms. The van der Waals surface area contributed by atoms with Crippen molar-refractivity contribution in [1.29, 1.82) is 0 Å². The second-order valence-corrected chi connectivity index (χ2v) is 14.8. The molecule has 0 bridgehead atoms. The molecular formula is C56H37NO. The van der Waals surface area contributed by atoms with Gasteiger partial charge in [0, 0.05) is 22.2 Å². The number of fused-ring (bicyclic) bond motifs is 6. The Morgan fingerprint density at radius 1 is 0.310 bits per heavy atom. The molecule has 58 heavy (non-hydrogen) atoms. The van der Waals surface area contributed by atoms with Crippen LogP contribution in [0.1, 0.15) is 0 Å². The highest BCUT2D eigenvalue weighted by Crippen LogP contribution is 2.49. The van der Waals surface area contributed by atoms with Crippen LogP contribution in [-0.4, -0.2) is 0 Å². The number of nitrogens with zero attached hydrogens (tertiary/aromatic N) is 1. The molecule has 0 aliphatic heterocycles. The Kier molecular flexibility index (Phi) is 8.19. The monoisotopic (exact) mass is 739 g/mol. The van der Waals surface area contributed by atoms with Crippen molar-refractivity contribution in [1.82, 2.24) is 0 Å². The van der Waals surface area contributed by atoms with Crippen LogP contribution >= 0.6 is 0 Å². The van der Waals surface area contributed by atoms with Gasteiger partial charge in [0.2, 0.25) is 0 Å². The van der Waals surface area contributed by atoms with E-state index in [9.17, 15) is 0 Å². The SMILES string of the molecule is c1ccc(-c2ccc(-c3ccc(N(c4ccccc4-c4cc5ccccc5c5ccccc45)c4ccc(-c5ccccc5)c5oc6ccccc6c45)cc3)cc2)cc1. The largest absolute Gasteiger partial charge is 0.455 e. The van der Waals surface area contributed by atoms with Gasteiger partial charge in [-0.25, -0.2) is 0 Å². The van der Waals surface area contributed by atoms with Gasteiger partial charge in [0.15, 0.2) is 0 Å². The summed E-state index contributed by atoms with van der Waals surface area (Å²) < 4.78 is 6.81. The molecule has 0 amide bonds. The third-order valence-electron chi connectivity index (χ3n) is 11.5. The van der Waals surface area contributed by atoms with Crippen LogP contribution < -0.4 is 4.90 Å². The first-order valence-corrected chi connectivity index (χ1v) is 19.8. The van der Waals surface area contributed by atoms with E-state index in [1.54, 1.807) is 0 Å². The number of anilines is 3. The summed E-state index contributed by atoms with van der Waals surface area (Å²) in [6.45, 7) is 0. The van der Waals surface area contributed by atoms with Crippen LogP contribution in [-0.2, 0) is 0 Å². The number of rotatable bonds is 7. The average Bonchev–Trinajstić information content (AvgIpc) is 3.70. The number of hydrogen-bond acceptors (Lipinski definition) is 2. The van der Waals surface area contributed by atoms with Crippen molar-refractivity contribution >= 4 is 60.5 Å². The Labute approximate surface area is 337 Å². The zero-order chi connectivity index (χ0) is 38.4. The van der Waals surface area contributed by atoms with Crippen molar-refractivity contribution in [3.63, 3.8) is 0 Å². The highest BCUT2D eigenvalue weighted by Gasteiger charge is 2.24. The van der Waals surface area contributed by atoms with E-state index in [1.807, 2.05) is 0 Å². The Bertz CT molecular complexity index is 3250. The number of para-hydroxylation sites is 2. The summed E-state index contributed by atoms with van der Waals surface area (Å²) in [7, 11) is 0. The standard InChI is InChI=1S/C56H37NO/c1-3-15-38(16-4-1)39-27-29-40(30-28-39)41-31-33-44(34-32-41)57(53-36-35-46(42-17-5-2-6-18-42)56-55(53)50-24-12-14-26-54(50)58-56)52-25-13-11-23-49(52)51-37-43-19-7-8-20-45(43)47-21-9-10-22-48(47)51/h1-37H. The molecule has 10 aromatic carbocycles. The van der Waals surface area contributed by atoms with Crippen molar-refractivity contribution in [2.24, 2.45) is 0 Å². The average molecular weight is 740 g/mol. The fourth-order valence-electron chi connectivity index (χ4n) is 8.71. The Morgan fingerprint density at radius 2 is 0.845 bits per heavy atom. The lowest BCUT2D eigenvalue weighted by atomic mass is 9.91. The van der Waals surface area contributed by atoms with Crippen LogP contribution in [0.15, 0.2) is 229 Å². The minimum absolute atomic E-state index is 0.866. The maximum Gasteiger partial charge on any atom is 0.145 e. The van der Waals surface area contributed by atoms with Gasteiger partial charge in [-0.1, -0.05) is 182 Å². The fourth-order valence-corrected chi connectivity index (χ4v) is 8.71. The van der Waals surface area contributed by atoms with Crippen LogP contribution in [0, 0.1) is 0 Å². The summed E-state index contributed by atoms with van der Waals surface area (Å²) in [4.78, 5) is 2.43. The Morgan fingerprint density at radius 3 is 1.57 bits per heavy atom. The molecule has 2 heteroatoms. The van der Waals surface area contributed by atoms with Gasteiger partial charge in [0.1, 0.15) is 11.2 Å². The van der Waals surface area contributed by atoms with E-state index in [2.05, 4.69) is 229 Å². The first-order chi connectivity index (χ1) is 28.8. The number of furan rings is 1. The van der Waals surface area contributed by atoms with Gasteiger partial charge >= 0.3 is 0 Å². The van der Waals surface area contributed by atoms with Crippen molar-refractivity contribution < 1.29 is 4.42 Å². The number of benzene rings is 10. The molecule has 0 aliphatic carbocycles. The Balaban J connectivity index is 1.14. The molecule has 0 unspecified atom stereocenters. The molecule has 0 saturated carbocycles. The maximum absolute atomic E-state index is 6.81. The van der Waals surface area contributed by atoms with Gasteiger partial charge in [0.25, 0.3) is 0 Å². The molecular weight excluding hydrogens is 703 g/mol. The molecule has 2 nitrogen and oxygen atoms in total. The van der Waals surface area contributed by atoms with Gasteiger partial charge in [-0.05, 0) is 97.4 Å². The molecule has 1 aromatic heterocycles. The van der Waals surface area contributed by atoms with Crippen molar-refractivity contribution in [3.8, 4) is 44.5 Å². The van der Waals surface area contributed by atoms with Gasteiger partial charge in [-0.15, -0.1) is 0 Å². The lowest BCUT2D eigenvalue weighted by Gasteiger charge is -2.29. The summed E-state index contributed by atoms with van der Waals surface area (Å²) in [6.07, 6.45) is 0. The highest BCUT2D eigenvalue weighted by atomic mass is 16.3. The van der Waals surface area contributed by atoms with Crippen LogP contribution in [0.2, 0.25) is 0 Å². The van der Waals surface area contributed by atoms with Crippen LogP contribution in [0.4, 0.5) is 17.1 Å². The normalized spacial score (nSPS) is 11.4. The second kappa shape index (κ2) is 14.1. The van der Waals surface area contributed by atoms with E-state index in [4.69, 9.17) is 4.42 Å². The summed E-state index contributed by atoms with van der Waals surface area (Å²) in [5, 5.41) is 7.10. The van der Waals surface area contributed by atoms with E-state index >= 15 is 0 Å². The highest BCUT2D eigenvalue weighted by molar-refractivity contribution is 6.19. The molecule has 0 atom stereocenters. The van der Waals surface area contributed by atoms with Gasteiger partial charge < -0.3 is 9.32 Å². The molecule has 0 saturated heterocycles. The third-order valence-corrected chi connectivity index (χ3v) is 11.5. The summed E-state index contributed by atoms with van der Waals surface area (Å²) in [5.41, 5.74) is 14.2. The van der Waals surface area contributed by atoms with Gasteiger partial charge in [-0.3, -0.25) is 0 Å². The predicted octanol–water partition coefficient (Wildman–Crippen LogP) is 16.0. The topological polar surface area (TPSA) is 16.4 Å². The lowest BCUT2D eigenvalue weighted by molar-refractivity contribution is 0.670. The molecule has 0 aliphatic rings. The minimum atomic E-state index is 0.866. The van der Waals surface area contributed by atoms with Crippen molar-refractivity contribution in [2.45, 2.75) is 0 Å². The number of hydrogen-bond donors (Lipinski definition) is 0. The van der Waals surface area contributed by atoms with E-state index < -0.39 is 0 Å². The van der Waals surface area contributed by atoms with Crippen LogP contribution in [0.25, 0.3) is 88.0 Å². The first kappa shape index (κ1) is 33.6. The van der Waals surface area contributed by atoms with E-state index in [0.717, 1.165) is 61.3 Å². The van der Waals surface area contributed by atoms with E-state index in [0.29, 0.717) is 0 Å². The van der Waals surface area contributed by atoms with Crippen LogP contribution in [0.5, 0.6) is 0 Å². The molecule has 11 rings (SSSR count). The second-order valence-electron chi connectivity index (χ2n) is 14.8. The van der Waals surface area contributed by atoms with Crippen molar-refractivity contribution in [2.75, 3.05) is 4.90 Å².